The number of thioether (sulfide) groups is 1. The first kappa shape index (κ1) is 19.7. The Morgan fingerprint density at radius 2 is 1.79 bits per heavy atom. The minimum absolute atomic E-state index is 0.744. The highest BCUT2D eigenvalue weighted by Gasteiger charge is 2.09. The summed E-state index contributed by atoms with van der Waals surface area (Å²) in [6.07, 6.45) is 0. The predicted molar refractivity (Wildman–Crippen MR) is 120 cm³/mol. The monoisotopic (exact) mass is 442 g/mol. The molecule has 0 aliphatic heterocycles. The van der Waals surface area contributed by atoms with Crippen molar-refractivity contribution < 1.29 is 9.47 Å². The SMILES string of the molecule is COc1cccc(Nc2nnc(SCc3csc(-c4cccc(OC)c4)n3)s2)c1. The van der Waals surface area contributed by atoms with E-state index in [1.165, 1.54) is 11.3 Å². The van der Waals surface area contributed by atoms with Crippen molar-refractivity contribution in [1.82, 2.24) is 15.2 Å². The van der Waals surface area contributed by atoms with Crippen molar-refractivity contribution in [2.75, 3.05) is 19.5 Å². The van der Waals surface area contributed by atoms with Gasteiger partial charge in [-0.05, 0) is 24.3 Å². The van der Waals surface area contributed by atoms with Crippen LogP contribution >= 0.6 is 34.4 Å². The third kappa shape index (κ3) is 5.06. The first-order valence-corrected chi connectivity index (χ1v) is 11.4. The van der Waals surface area contributed by atoms with Gasteiger partial charge in [-0.1, -0.05) is 41.3 Å². The van der Waals surface area contributed by atoms with E-state index in [-0.39, 0.29) is 0 Å². The normalized spacial score (nSPS) is 10.7. The van der Waals surface area contributed by atoms with Crippen LogP contribution in [0.3, 0.4) is 0 Å². The van der Waals surface area contributed by atoms with Gasteiger partial charge in [-0.25, -0.2) is 4.98 Å². The van der Waals surface area contributed by atoms with E-state index in [9.17, 15) is 0 Å². The summed E-state index contributed by atoms with van der Waals surface area (Å²) in [5, 5.41) is 15.5. The Morgan fingerprint density at radius 3 is 2.62 bits per heavy atom. The first-order chi connectivity index (χ1) is 14.2. The second-order valence-corrected chi connectivity index (χ2v) is 8.95. The topological polar surface area (TPSA) is 69.2 Å². The van der Waals surface area contributed by atoms with E-state index in [0.717, 1.165) is 48.7 Å². The van der Waals surface area contributed by atoms with Gasteiger partial charge in [-0.3, -0.25) is 0 Å². The minimum atomic E-state index is 0.744. The van der Waals surface area contributed by atoms with E-state index in [0.29, 0.717) is 0 Å². The number of thiazole rings is 1. The average molecular weight is 443 g/mol. The number of benzene rings is 2. The van der Waals surface area contributed by atoms with Crippen LogP contribution < -0.4 is 14.8 Å². The molecule has 0 fully saturated rings. The zero-order valence-electron chi connectivity index (χ0n) is 15.8. The van der Waals surface area contributed by atoms with E-state index in [2.05, 4.69) is 20.9 Å². The molecule has 0 unspecified atom stereocenters. The standard InChI is InChI=1S/C20H18N4O2S3/c1-25-16-7-3-5-13(9-16)18-21-15(11-27-18)12-28-20-24-23-19(29-20)22-14-6-4-8-17(10-14)26-2/h3-11H,12H2,1-2H3,(H,22,23). The summed E-state index contributed by atoms with van der Waals surface area (Å²) < 4.78 is 11.4. The maximum Gasteiger partial charge on any atom is 0.210 e. The molecule has 0 aliphatic carbocycles. The van der Waals surface area contributed by atoms with Gasteiger partial charge in [0.25, 0.3) is 0 Å². The number of rotatable bonds is 8. The number of anilines is 2. The van der Waals surface area contributed by atoms with Gasteiger partial charge in [0.1, 0.15) is 16.5 Å². The molecule has 0 saturated heterocycles. The van der Waals surface area contributed by atoms with Gasteiger partial charge in [0.05, 0.1) is 19.9 Å². The fourth-order valence-electron chi connectivity index (χ4n) is 2.54. The molecule has 148 valence electrons. The smallest absolute Gasteiger partial charge is 0.210 e. The lowest BCUT2D eigenvalue weighted by atomic mass is 10.2. The van der Waals surface area contributed by atoms with Crippen LogP contribution in [0.2, 0.25) is 0 Å². The Morgan fingerprint density at radius 1 is 1.00 bits per heavy atom. The van der Waals surface area contributed by atoms with Gasteiger partial charge in [0.15, 0.2) is 4.34 Å². The Labute approximate surface area is 181 Å². The fourth-order valence-corrected chi connectivity index (χ4v) is 5.13. The van der Waals surface area contributed by atoms with Crippen LogP contribution in [0.5, 0.6) is 11.5 Å². The van der Waals surface area contributed by atoms with Crippen molar-refractivity contribution in [3.8, 4) is 22.1 Å². The summed E-state index contributed by atoms with van der Waals surface area (Å²) in [4.78, 5) is 4.73. The lowest BCUT2D eigenvalue weighted by Crippen LogP contribution is -1.90. The molecule has 29 heavy (non-hydrogen) atoms. The van der Waals surface area contributed by atoms with Crippen LogP contribution in [0.15, 0.2) is 58.3 Å². The molecule has 0 bridgehead atoms. The van der Waals surface area contributed by atoms with Crippen LogP contribution in [0.25, 0.3) is 10.6 Å². The highest BCUT2D eigenvalue weighted by atomic mass is 32.2. The van der Waals surface area contributed by atoms with Gasteiger partial charge < -0.3 is 14.8 Å². The molecular weight excluding hydrogens is 424 g/mol. The van der Waals surface area contributed by atoms with Crippen molar-refractivity contribution in [2.45, 2.75) is 10.1 Å². The van der Waals surface area contributed by atoms with Crippen molar-refractivity contribution in [2.24, 2.45) is 0 Å². The summed E-state index contributed by atoms with van der Waals surface area (Å²) in [5.41, 5.74) is 3.00. The van der Waals surface area contributed by atoms with E-state index in [1.54, 1.807) is 37.3 Å². The Balaban J connectivity index is 1.37. The van der Waals surface area contributed by atoms with Crippen LogP contribution in [0, 0.1) is 0 Å². The lowest BCUT2D eigenvalue weighted by Gasteiger charge is -2.04. The van der Waals surface area contributed by atoms with Gasteiger partial charge in [0.2, 0.25) is 5.13 Å². The van der Waals surface area contributed by atoms with Crippen LogP contribution in [-0.4, -0.2) is 29.4 Å². The molecule has 0 saturated carbocycles. The van der Waals surface area contributed by atoms with Crippen molar-refractivity contribution >= 4 is 45.3 Å². The molecule has 0 atom stereocenters. The predicted octanol–water partition coefficient (Wildman–Crippen LogP) is 5.71. The largest absolute Gasteiger partial charge is 0.497 e. The molecule has 1 N–H and O–H groups in total. The van der Waals surface area contributed by atoms with Crippen molar-refractivity contribution in [1.29, 1.82) is 0 Å². The summed E-state index contributed by atoms with van der Waals surface area (Å²) in [6.45, 7) is 0. The van der Waals surface area contributed by atoms with Gasteiger partial charge in [0, 0.05) is 28.5 Å². The average Bonchev–Trinajstić information content (AvgIpc) is 3.42. The molecule has 4 rings (SSSR count). The van der Waals surface area contributed by atoms with E-state index in [1.807, 2.05) is 48.5 Å². The van der Waals surface area contributed by atoms with Crippen LogP contribution in [-0.2, 0) is 5.75 Å². The number of methoxy groups -OCH3 is 2. The number of aromatic nitrogens is 3. The van der Waals surface area contributed by atoms with Gasteiger partial charge in [-0.2, -0.15) is 0 Å². The summed E-state index contributed by atoms with van der Waals surface area (Å²) >= 11 is 4.78. The summed E-state index contributed by atoms with van der Waals surface area (Å²) in [5.74, 6) is 2.37. The third-order valence-corrected chi connectivity index (χ3v) is 6.89. The summed E-state index contributed by atoms with van der Waals surface area (Å²) in [6, 6.07) is 15.7. The molecule has 2 aromatic heterocycles. The lowest BCUT2D eigenvalue weighted by molar-refractivity contribution is 0.415. The number of nitrogens with one attached hydrogen (secondary N) is 1. The van der Waals surface area contributed by atoms with E-state index < -0.39 is 0 Å². The number of hydrogen-bond donors (Lipinski definition) is 1. The second-order valence-electron chi connectivity index (χ2n) is 5.89. The van der Waals surface area contributed by atoms with Crippen molar-refractivity contribution in [3.63, 3.8) is 0 Å². The highest BCUT2D eigenvalue weighted by molar-refractivity contribution is 8.00. The molecule has 0 spiro atoms. The summed E-state index contributed by atoms with van der Waals surface area (Å²) in [7, 11) is 3.32. The Hall–Kier alpha value is -2.62. The zero-order valence-corrected chi connectivity index (χ0v) is 18.2. The molecule has 0 aliphatic rings. The van der Waals surface area contributed by atoms with E-state index >= 15 is 0 Å². The van der Waals surface area contributed by atoms with Crippen molar-refractivity contribution in [3.05, 3.63) is 59.6 Å². The number of nitrogens with zero attached hydrogens (tertiary/aromatic N) is 3. The molecule has 0 radical (unpaired) electrons. The molecule has 2 aromatic carbocycles. The van der Waals surface area contributed by atoms with Crippen LogP contribution in [0.4, 0.5) is 10.8 Å². The van der Waals surface area contributed by atoms with Gasteiger partial charge >= 0.3 is 0 Å². The number of hydrogen-bond acceptors (Lipinski definition) is 9. The quantitative estimate of drug-likeness (QED) is 0.350. The van der Waals surface area contributed by atoms with E-state index in [4.69, 9.17) is 14.5 Å². The molecular formula is C20H18N4O2S3. The zero-order chi connectivity index (χ0) is 20.1. The molecule has 9 heteroatoms. The highest BCUT2D eigenvalue weighted by Crippen LogP contribution is 2.32. The Kier molecular flexibility index (Phi) is 6.28. The second kappa shape index (κ2) is 9.25. The van der Waals surface area contributed by atoms with Crippen LogP contribution in [0.1, 0.15) is 5.69 Å². The fraction of sp³-hybridized carbons (Fsp3) is 0.150. The molecule has 6 nitrogen and oxygen atoms in total. The third-order valence-electron chi connectivity index (χ3n) is 3.94. The Bertz CT molecular complexity index is 1100. The molecule has 2 heterocycles. The molecule has 4 aromatic rings. The molecule has 0 amide bonds. The minimum Gasteiger partial charge on any atom is -0.497 e. The number of ether oxygens (including phenoxy) is 2. The maximum atomic E-state index is 5.29. The van der Waals surface area contributed by atoms with Gasteiger partial charge in [-0.15, -0.1) is 21.5 Å². The first-order valence-electron chi connectivity index (χ1n) is 8.70. The maximum absolute atomic E-state index is 5.29.